The number of nitrogens with one attached hydrogen (secondary N) is 1. The Bertz CT molecular complexity index is 610. The molecule has 2 heterocycles. The Morgan fingerprint density at radius 1 is 1.59 bits per heavy atom. The summed E-state index contributed by atoms with van der Waals surface area (Å²) in [6.45, 7) is 1.55. The summed E-state index contributed by atoms with van der Waals surface area (Å²) in [6, 6.07) is 0. The molecule has 2 rings (SSSR count). The van der Waals surface area contributed by atoms with Crippen molar-refractivity contribution in [3.05, 3.63) is 44.4 Å². The molecule has 0 fully saturated rings. The van der Waals surface area contributed by atoms with Gasteiger partial charge in [-0.3, -0.25) is 14.3 Å². The first kappa shape index (κ1) is 11.2. The highest BCUT2D eigenvalue weighted by atomic mass is 16.5. The third kappa shape index (κ3) is 1.99. The van der Waals surface area contributed by atoms with Crippen molar-refractivity contribution < 1.29 is 14.6 Å². The van der Waals surface area contributed by atoms with Gasteiger partial charge < -0.3 is 9.84 Å². The number of aryl methyl sites for hydroxylation is 1. The lowest BCUT2D eigenvalue weighted by Gasteiger charge is -2.14. The van der Waals surface area contributed by atoms with E-state index < -0.39 is 23.4 Å². The number of aromatic nitrogens is 2. The first-order valence-corrected chi connectivity index (χ1v) is 4.91. The largest absolute Gasteiger partial charge is 0.475 e. The maximum Gasteiger partial charge on any atom is 0.370 e. The van der Waals surface area contributed by atoms with Crippen molar-refractivity contribution in [2.75, 3.05) is 0 Å². The van der Waals surface area contributed by atoms with E-state index >= 15 is 0 Å². The number of ether oxygens (including phenoxy) is 1. The number of aliphatic carboxylic acids is 1. The fraction of sp³-hybridized carbons (Fsp3) is 0.300. The molecule has 17 heavy (non-hydrogen) atoms. The molecule has 7 nitrogen and oxygen atoms in total. The van der Waals surface area contributed by atoms with Gasteiger partial charge >= 0.3 is 11.7 Å². The lowest BCUT2D eigenvalue weighted by Crippen LogP contribution is -2.33. The second-order valence-electron chi connectivity index (χ2n) is 3.66. The molecule has 1 aromatic heterocycles. The minimum absolute atomic E-state index is 0.189. The van der Waals surface area contributed by atoms with Crippen LogP contribution in [0.15, 0.2) is 27.6 Å². The van der Waals surface area contributed by atoms with E-state index in [1.54, 1.807) is 6.92 Å². The van der Waals surface area contributed by atoms with Crippen molar-refractivity contribution in [1.29, 1.82) is 0 Å². The standard InChI is InChI=1S/C10H10N2O5/c1-5-4-12(10(16)11-8(5)13)7-3-2-6(17-7)9(14)15/h2,4,7H,3H2,1H3,(H,14,15)(H,11,13,16). The molecule has 1 unspecified atom stereocenters. The number of H-pyrrole nitrogens is 1. The highest BCUT2D eigenvalue weighted by molar-refractivity contribution is 5.84. The summed E-state index contributed by atoms with van der Waals surface area (Å²) in [5, 5.41) is 8.71. The van der Waals surface area contributed by atoms with Crippen molar-refractivity contribution in [3.63, 3.8) is 0 Å². The molecular weight excluding hydrogens is 228 g/mol. The summed E-state index contributed by atoms with van der Waals surface area (Å²) in [5.74, 6) is -1.37. The van der Waals surface area contributed by atoms with Crippen LogP contribution >= 0.6 is 0 Å². The van der Waals surface area contributed by atoms with E-state index in [1.165, 1.54) is 16.8 Å². The van der Waals surface area contributed by atoms with Crippen LogP contribution < -0.4 is 11.2 Å². The number of nitrogens with zero attached hydrogens (tertiary/aromatic N) is 1. The van der Waals surface area contributed by atoms with Gasteiger partial charge in [0.15, 0.2) is 6.23 Å². The highest BCUT2D eigenvalue weighted by Crippen LogP contribution is 2.24. The Labute approximate surface area is 95.0 Å². The van der Waals surface area contributed by atoms with Gasteiger partial charge in [-0.05, 0) is 13.0 Å². The molecule has 0 spiro atoms. The van der Waals surface area contributed by atoms with Crippen LogP contribution in [-0.2, 0) is 9.53 Å². The summed E-state index contributed by atoms with van der Waals surface area (Å²) in [7, 11) is 0. The van der Waals surface area contributed by atoms with Gasteiger partial charge in [0.2, 0.25) is 5.76 Å². The molecule has 0 amide bonds. The van der Waals surface area contributed by atoms with Gasteiger partial charge in [-0.25, -0.2) is 9.59 Å². The Hall–Kier alpha value is -2.31. The quantitative estimate of drug-likeness (QED) is 0.738. The Kier molecular flexibility index (Phi) is 2.58. The van der Waals surface area contributed by atoms with Gasteiger partial charge in [-0.15, -0.1) is 0 Å². The van der Waals surface area contributed by atoms with E-state index in [-0.39, 0.29) is 12.2 Å². The fourth-order valence-corrected chi connectivity index (χ4v) is 1.56. The highest BCUT2D eigenvalue weighted by Gasteiger charge is 2.25. The lowest BCUT2D eigenvalue weighted by atomic mass is 10.3. The zero-order valence-electron chi connectivity index (χ0n) is 8.97. The predicted octanol–water partition coefficient (Wildman–Crippen LogP) is -0.268. The first-order chi connectivity index (χ1) is 7.99. The summed E-state index contributed by atoms with van der Waals surface area (Å²) in [4.78, 5) is 35.5. The second-order valence-corrected chi connectivity index (χ2v) is 3.66. The van der Waals surface area contributed by atoms with E-state index in [1.807, 2.05) is 0 Å². The van der Waals surface area contributed by atoms with E-state index in [0.29, 0.717) is 5.56 Å². The van der Waals surface area contributed by atoms with Gasteiger partial charge in [0.05, 0.1) is 0 Å². The van der Waals surface area contributed by atoms with Crippen molar-refractivity contribution >= 4 is 5.97 Å². The number of carboxylic acid groups (broad SMARTS) is 1. The third-order valence-corrected chi connectivity index (χ3v) is 2.43. The smallest absolute Gasteiger partial charge is 0.370 e. The number of hydrogen-bond donors (Lipinski definition) is 2. The van der Waals surface area contributed by atoms with E-state index in [4.69, 9.17) is 9.84 Å². The monoisotopic (exact) mass is 238 g/mol. The number of hydrogen-bond acceptors (Lipinski definition) is 4. The van der Waals surface area contributed by atoms with Crippen LogP contribution in [0.1, 0.15) is 18.2 Å². The molecule has 0 aliphatic carbocycles. The first-order valence-electron chi connectivity index (χ1n) is 4.91. The molecule has 0 radical (unpaired) electrons. The van der Waals surface area contributed by atoms with Crippen LogP contribution in [0, 0.1) is 6.92 Å². The molecule has 2 N–H and O–H groups in total. The molecule has 90 valence electrons. The zero-order valence-corrected chi connectivity index (χ0v) is 8.97. The third-order valence-electron chi connectivity index (χ3n) is 2.43. The normalized spacial score (nSPS) is 18.6. The molecule has 1 aromatic rings. The Morgan fingerprint density at radius 2 is 2.29 bits per heavy atom. The number of carbonyl (C=O) groups is 1. The van der Waals surface area contributed by atoms with Gasteiger partial charge in [0, 0.05) is 18.2 Å². The summed E-state index contributed by atoms with van der Waals surface area (Å²) in [6.07, 6.45) is 2.29. The Morgan fingerprint density at radius 3 is 2.88 bits per heavy atom. The molecule has 0 bridgehead atoms. The molecule has 1 aliphatic rings. The van der Waals surface area contributed by atoms with E-state index in [0.717, 1.165) is 0 Å². The fourth-order valence-electron chi connectivity index (χ4n) is 1.56. The summed E-state index contributed by atoms with van der Waals surface area (Å²) in [5.41, 5.74) is -0.724. The van der Waals surface area contributed by atoms with Crippen molar-refractivity contribution in [2.45, 2.75) is 19.6 Å². The predicted molar refractivity (Wildman–Crippen MR) is 56.5 cm³/mol. The maximum atomic E-state index is 11.5. The van der Waals surface area contributed by atoms with Crippen LogP contribution in [0.5, 0.6) is 0 Å². The molecule has 0 aromatic carbocycles. The van der Waals surface area contributed by atoms with Crippen LogP contribution in [-0.4, -0.2) is 20.6 Å². The lowest BCUT2D eigenvalue weighted by molar-refractivity contribution is -0.137. The summed E-state index contributed by atoms with van der Waals surface area (Å²) < 4.78 is 6.26. The SMILES string of the molecule is Cc1cn(C2CC=C(C(=O)O)O2)c(=O)[nH]c1=O. The zero-order chi connectivity index (χ0) is 12.6. The molecule has 0 saturated heterocycles. The Balaban J connectivity index is 2.33. The van der Waals surface area contributed by atoms with E-state index in [2.05, 4.69) is 4.98 Å². The minimum Gasteiger partial charge on any atom is -0.475 e. The molecule has 1 aliphatic heterocycles. The van der Waals surface area contributed by atoms with Gasteiger partial charge in [-0.1, -0.05) is 0 Å². The van der Waals surface area contributed by atoms with Crippen LogP contribution in [0.4, 0.5) is 0 Å². The van der Waals surface area contributed by atoms with Crippen molar-refractivity contribution in [3.8, 4) is 0 Å². The van der Waals surface area contributed by atoms with Crippen LogP contribution in [0.3, 0.4) is 0 Å². The minimum atomic E-state index is -1.18. The summed E-state index contributed by atoms with van der Waals surface area (Å²) >= 11 is 0. The van der Waals surface area contributed by atoms with Gasteiger partial charge in [-0.2, -0.15) is 0 Å². The van der Waals surface area contributed by atoms with Gasteiger partial charge in [0.25, 0.3) is 5.56 Å². The maximum absolute atomic E-state index is 11.5. The number of rotatable bonds is 2. The average Bonchev–Trinajstić information content (AvgIpc) is 2.72. The van der Waals surface area contributed by atoms with Crippen LogP contribution in [0.2, 0.25) is 0 Å². The molecule has 7 heteroatoms. The van der Waals surface area contributed by atoms with Crippen LogP contribution in [0.25, 0.3) is 0 Å². The van der Waals surface area contributed by atoms with E-state index in [9.17, 15) is 14.4 Å². The van der Waals surface area contributed by atoms with Crippen molar-refractivity contribution in [2.24, 2.45) is 0 Å². The van der Waals surface area contributed by atoms with Gasteiger partial charge in [0.1, 0.15) is 0 Å². The molecular formula is C10H10N2O5. The molecule has 1 atom stereocenters. The second kappa shape index (κ2) is 3.93. The number of carboxylic acids is 1. The average molecular weight is 238 g/mol. The molecule has 0 saturated carbocycles. The van der Waals surface area contributed by atoms with Crippen molar-refractivity contribution in [1.82, 2.24) is 9.55 Å². The topological polar surface area (TPSA) is 101 Å². The number of aromatic amines is 1.